The number of carboxylic acid groups (broad SMARTS) is 1. The molecule has 27 heavy (non-hydrogen) atoms. The summed E-state index contributed by atoms with van der Waals surface area (Å²) in [5, 5.41) is 24.4. The Morgan fingerprint density at radius 2 is 2.00 bits per heavy atom. The van der Waals surface area contributed by atoms with Crippen molar-refractivity contribution in [3.8, 4) is 0 Å². The normalized spacial score (nSPS) is 27.4. The van der Waals surface area contributed by atoms with Crippen LogP contribution < -0.4 is 5.43 Å². The van der Waals surface area contributed by atoms with Crippen LogP contribution in [0.3, 0.4) is 0 Å². The van der Waals surface area contributed by atoms with E-state index >= 15 is 0 Å². The van der Waals surface area contributed by atoms with Gasteiger partial charge in [-0.25, -0.2) is 4.79 Å². The fraction of sp³-hybridized carbons (Fsp3) is 0.545. The van der Waals surface area contributed by atoms with Gasteiger partial charge in [-0.05, 0) is 81.9 Å². The van der Waals surface area contributed by atoms with Crippen LogP contribution in [0.25, 0.3) is 0 Å². The molecule has 3 N–H and O–H groups in total. The number of benzene rings is 1. The van der Waals surface area contributed by atoms with Crippen LogP contribution in [0.2, 0.25) is 0 Å². The molecule has 0 aromatic heterocycles. The van der Waals surface area contributed by atoms with Crippen LogP contribution in [0, 0.1) is 11.3 Å². The predicted molar refractivity (Wildman–Crippen MR) is 108 cm³/mol. The largest absolute Gasteiger partial charge is 0.478 e. The zero-order valence-corrected chi connectivity index (χ0v) is 16.7. The van der Waals surface area contributed by atoms with Gasteiger partial charge in [-0.3, -0.25) is 5.43 Å². The maximum absolute atomic E-state index is 11.4. The van der Waals surface area contributed by atoms with Crippen LogP contribution in [-0.4, -0.2) is 27.5 Å². The molecule has 2 aliphatic rings. The van der Waals surface area contributed by atoms with Gasteiger partial charge >= 0.3 is 5.97 Å². The fourth-order valence-electron chi connectivity index (χ4n) is 4.51. The molecule has 0 amide bonds. The van der Waals surface area contributed by atoms with Crippen LogP contribution in [0.4, 0.5) is 5.69 Å². The predicted octanol–water partition coefficient (Wildman–Crippen LogP) is 4.84. The molecule has 1 aromatic carbocycles. The highest BCUT2D eigenvalue weighted by Gasteiger charge is 2.43. The lowest BCUT2D eigenvalue weighted by Crippen LogP contribution is -2.40. The van der Waals surface area contributed by atoms with Crippen molar-refractivity contribution in [3.63, 3.8) is 0 Å². The van der Waals surface area contributed by atoms with Gasteiger partial charge in [-0.15, -0.1) is 0 Å². The highest BCUT2D eigenvalue weighted by molar-refractivity contribution is 6.02. The second kappa shape index (κ2) is 7.12. The summed E-state index contributed by atoms with van der Waals surface area (Å²) < 4.78 is 0. The Balaban J connectivity index is 1.89. The number of aliphatic hydroxyl groups is 1. The van der Waals surface area contributed by atoms with E-state index in [0.717, 1.165) is 37.8 Å². The van der Waals surface area contributed by atoms with Crippen LogP contribution in [0.5, 0.6) is 0 Å². The van der Waals surface area contributed by atoms with Crippen molar-refractivity contribution in [2.75, 3.05) is 5.43 Å². The second-order valence-corrected chi connectivity index (χ2v) is 8.78. The number of nitrogens with zero attached hydrogens (tertiary/aromatic N) is 1. The number of aromatic carboxylic acids is 1. The molecular formula is C22H30N2O3. The smallest absolute Gasteiger partial charge is 0.337 e. The first-order valence-corrected chi connectivity index (χ1v) is 9.70. The maximum atomic E-state index is 11.4. The summed E-state index contributed by atoms with van der Waals surface area (Å²) in [6.07, 6.45) is 4.96. The van der Waals surface area contributed by atoms with Crippen molar-refractivity contribution in [2.45, 2.75) is 65.4 Å². The van der Waals surface area contributed by atoms with E-state index in [-0.39, 0.29) is 16.9 Å². The monoisotopic (exact) mass is 370 g/mol. The van der Waals surface area contributed by atoms with Crippen LogP contribution in [-0.2, 0) is 0 Å². The van der Waals surface area contributed by atoms with Gasteiger partial charge in [0.25, 0.3) is 0 Å². The van der Waals surface area contributed by atoms with Gasteiger partial charge in [0.1, 0.15) is 0 Å². The average Bonchev–Trinajstić information content (AvgIpc) is 2.60. The molecule has 1 saturated carbocycles. The molecular weight excluding hydrogens is 340 g/mol. The number of hydrogen-bond donors (Lipinski definition) is 3. The summed E-state index contributed by atoms with van der Waals surface area (Å²) in [4.78, 5) is 11.4. The third-order valence-electron chi connectivity index (χ3n) is 6.49. The standard InChI is InChI=1S/C22H30N2O3/c1-14-17-13-15(21(2,3)27)9-11-22(17,4)12-10-18(14)23-24-19-8-6-5-7-16(19)20(25)26/h5-8,15,24,27H,9-13H2,1-4H3,(H,25,26). The van der Waals surface area contributed by atoms with Gasteiger partial charge in [0.05, 0.1) is 22.6 Å². The topological polar surface area (TPSA) is 81.9 Å². The Kier molecular flexibility index (Phi) is 5.17. The van der Waals surface area contributed by atoms with Crippen molar-refractivity contribution >= 4 is 17.4 Å². The van der Waals surface area contributed by atoms with E-state index in [9.17, 15) is 15.0 Å². The van der Waals surface area contributed by atoms with E-state index in [1.54, 1.807) is 24.3 Å². The number of anilines is 1. The van der Waals surface area contributed by atoms with Gasteiger partial charge in [0.2, 0.25) is 0 Å². The van der Waals surface area contributed by atoms with Gasteiger partial charge in [-0.2, -0.15) is 5.10 Å². The lowest BCUT2D eigenvalue weighted by Gasteiger charge is -2.47. The molecule has 1 fully saturated rings. The molecule has 146 valence electrons. The zero-order chi connectivity index (χ0) is 19.8. The molecule has 2 aliphatic carbocycles. The second-order valence-electron chi connectivity index (χ2n) is 8.78. The number of rotatable bonds is 4. The highest BCUT2D eigenvalue weighted by Crippen LogP contribution is 2.52. The first-order chi connectivity index (χ1) is 12.6. The van der Waals surface area contributed by atoms with E-state index in [1.165, 1.54) is 11.1 Å². The lowest BCUT2D eigenvalue weighted by molar-refractivity contribution is -0.00352. The van der Waals surface area contributed by atoms with Crippen molar-refractivity contribution in [2.24, 2.45) is 16.4 Å². The Bertz CT molecular complexity index is 804. The first-order valence-electron chi connectivity index (χ1n) is 9.70. The minimum Gasteiger partial charge on any atom is -0.478 e. The molecule has 1 aromatic rings. The number of nitrogens with one attached hydrogen (secondary N) is 1. The summed E-state index contributed by atoms with van der Waals surface area (Å²) in [6, 6.07) is 6.81. The molecule has 0 bridgehead atoms. The quantitative estimate of drug-likeness (QED) is 0.662. The van der Waals surface area contributed by atoms with E-state index in [2.05, 4.69) is 24.4 Å². The van der Waals surface area contributed by atoms with Gasteiger partial charge in [0, 0.05) is 0 Å². The first kappa shape index (κ1) is 19.6. The molecule has 0 spiro atoms. The summed E-state index contributed by atoms with van der Waals surface area (Å²) in [5.74, 6) is -0.708. The summed E-state index contributed by atoms with van der Waals surface area (Å²) in [7, 11) is 0. The van der Waals surface area contributed by atoms with Crippen molar-refractivity contribution in [1.82, 2.24) is 0 Å². The Hall–Kier alpha value is -2.14. The average molecular weight is 370 g/mol. The molecule has 0 saturated heterocycles. The Morgan fingerprint density at radius 3 is 2.67 bits per heavy atom. The van der Waals surface area contributed by atoms with Crippen molar-refractivity contribution < 1.29 is 15.0 Å². The molecule has 2 atom stereocenters. The van der Waals surface area contributed by atoms with Gasteiger partial charge in [-0.1, -0.05) is 24.6 Å². The molecule has 3 rings (SSSR count). The maximum Gasteiger partial charge on any atom is 0.337 e. The summed E-state index contributed by atoms with van der Waals surface area (Å²) in [5.41, 5.74) is 6.77. The lowest BCUT2D eigenvalue weighted by atomic mass is 9.59. The van der Waals surface area contributed by atoms with E-state index < -0.39 is 11.6 Å². The Labute approximate surface area is 161 Å². The number of hydrazone groups is 1. The van der Waals surface area contributed by atoms with Crippen molar-refractivity contribution in [1.29, 1.82) is 0 Å². The molecule has 0 aliphatic heterocycles. The van der Waals surface area contributed by atoms with E-state index in [0.29, 0.717) is 5.69 Å². The minimum atomic E-state index is -0.968. The summed E-state index contributed by atoms with van der Waals surface area (Å²) >= 11 is 0. The third-order valence-corrected chi connectivity index (χ3v) is 6.49. The minimum absolute atomic E-state index is 0.184. The zero-order valence-electron chi connectivity index (χ0n) is 16.7. The van der Waals surface area contributed by atoms with Crippen LogP contribution in [0.15, 0.2) is 40.5 Å². The molecule has 0 heterocycles. The number of carboxylic acids is 1. The number of fused-ring (bicyclic) bond motifs is 1. The fourth-order valence-corrected chi connectivity index (χ4v) is 4.51. The van der Waals surface area contributed by atoms with E-state index in [4.69, 9.17) is 0 Å². The van der Waals surface area contributed by atoms with Crippen LogP contribution in [0.1, 0.15) is 70.2 Å². The van der Waals surface area contributed by atoms with Crippen molar-refractivity contribution in [3.05, 3.63) is 41.0 Å². The molecule has 0 radical (unpaired) electrons. The molecule has 5 heteroatoms. The number of allylic oxidation sites excluding steroid dienone is 2. The SMILES string of the molecule is CC1=C2CC(C(C)(C)O)CCC2(C)CCC1=NNc1ccccc1C(=O)O. The third kappa shape index (κ3) is 3.93. The Morgan fingerprint density at radius 1 is 1.30 bits per heavy atom. The van der Waals surface area contributed by atoms with Gasteiger partial charge in [0.15, 0.2) is 0 Å². The van der Waals surface area contributed by atoms with Crippen LogP contribution >= 0.6 is 0 Å². The van der Waals surface area contributed by atoms with Gasteiger partial charge < -0.3 is 10.2 Å². The number of carbonyl (C=O) groups is 1. The molecule has 2 unspecified atom stereocenters. The molecule has 5 nitrogen and oxygen atoms in total. The highest BCUT2D eigenvalue weighted by atomic mass is 16.4. The van der Waals surface area contributed by atoms with E-state index in [1.807, 2.05) is 13.8 Å². The number of para-hydroxylation sites is 1. The number of hydrogen-bond acceptors (Lipinski definition) is 4. The summed E-state index contributed by atoms with van der Waals surface area (Å²) in [6.45, 7) is 8.25.